The molecule has 0 amide bonds. The molecule has 0 saturated heterocycles. The van der Waals surface area contributed by atoms with Crippen LogP contribution in [0.15, 0.2) is 82.2 Å². The Morgan fingerprint density at radius 3 is 2.41 bits per heavy atom. The molecule has 1 aliphatic heterocycles. The van der Waals surface area contributed by atoms with Gasteiger partial charge >= 0.3 is 5.97 Å². The number of carbonyl (C=O) groups excluding carboxylic acids is 1. The third-order valence-corrected chi connectivity index (χ3v) is 7.14. The van der Waals surface area contributed by atoms with Crippen LogP contribution in [0.4, 0.5) is 0 Å². The van der Waals surface area contributed by atoms with Crippen LogP contribution in [0.5, 0.6) is 5.75 Å². The van der Waals surface area contributed by atoms with Gasteiger partial charge in [-0.1, -0.05) is 81.2 Å². The van der Waals surface area contributed by atoms with Crippen LogP contribution in [-0.2, 0) is 14.9 Å². The third kappa shape index (κ3) is 5.52. The minimum Gasteiger partial charge on any atom is -0.490 e. The summed E-state index contributed by atoms with van der Waals surface area (Å²) in [6.45, 7) is 14.3. The van der Waals surface area contributed by atoms with Gasteiger partial charge in [-0.05, 0) is 54.2 Å². The van der Waals surface area contributed by atoms with E-state index in [1.54, 1.807) is 24.5 Å². The fourth-order valence-electron chi connectivity index (χ4n) is 4.24. The van der Waals surface area contributed by atoms with Gasteiger partial charge < -0.3 is 9.47 Å². The maximum absolute atomic E-state index is 13.7. The zero-order chi connectivity index (χ0) is 26.7. The monoisotopic (exact) mass is 516 g/mol. The largest absolute Gasteiger partial charge is 0.490 e. The van der Waals surface area contributed by atoms with E-state index in [0.717, 1.165) is 11.1 Å². The Kier molecular flexibility index (Phi) is 7.64. The third-order valence-electron chi connectivity index (χ3n) is 6.16. The molecule has 6 nitrogen and oxygen atoms in total. The SMILES string of the molecule is C=CCOc1ccc([C@@H]2C(C(=O)OCC)=C(C)N=c3s/c(=C\c4ccc(C(C)(C)C)cc4)c(=O)n32)cc1. The van der Waals surface area contributed by atoms with Crippen molar-refractivity contribution < 1.29 is 14.3 Å². The Morgan fingerprint density at radius 2 is 1.81 bits per heavy atom. The van der Waals surface area contributed by atoms with Crippen LogP contribution in [-0.4, -0.2) is 23.8 Å². The first kappa shape index (κ1) is 26.4. The lowest BCUT2D eigenvalue weighted by molar-refractivity contribution is -0.139. The average Bonchev–Trinajstić information content (AvgIpc) is 3.16. The zero-order valence-corrected chi connectivity index (χ0v) is 22.7. The molecule has 192 valence electrons. The van der Waals surface area contributed by atoms with Gasteiger partial charge in [0.2, 0.25) is 0 Å². The highest BCUT2D eigenvalue weighted by Gasteiger charge is 2.33. The summed E-state index contributed by atoms with van der Waals surface area (Å²) in [5.41, 5.74) is 3.67. The highest BCUT2D eigenvalue weighted by molar-refractivity contribution is 7.07. The molecule has 0 saturated carbocycles. The van der Waals surface area contributed by atoms with Crippen molar-refractivity contribution in [2.45, 2.75) is 46.1 Å². The summed E-state index contributed by atoms with van der Waals surface area (Å²) in [5.74, 6) is 0.195. The van der Waals surface area contributed by atoms with Gasteiger partial charge in [-0.3, -0.25) is 9.36 Å². The maximum atomic E-state index is 13.7. The summed E-state index contributed by atoms with van der Waals surface area (Å²) < 4.78 is 13.1. The topological polar surface area (TPSA) is 69.9 Å². The first-order valence-corrected chi connectivity index (χ1v) is 13.1. The summed E-state index contributed by atoms with van der Waals surface area (Å²) in [7, 11) is 0. The lowest BCUT2D eigenvalue weighted by Crippen LogP contribution is -2.39. The molecule has 0 bridgehead atoms. The van der Waals surface area contributed by atoms with E-state index in [4.69, 9.17) is 9.47 Å². The molecule has 0 unspecified atom stereocenters. The highest BCUT2D eigenvalue weighted by Crippen LogP contribution is 2.31. The Balaban J connectivity index is 1.84. The number of nitrogens with zero attached hydrogens (tertiary/aromatic N) is 2. The van der Waals surface area contributed by atoms with Gasteiger partial charge in [-0.15, -0.1) is 0 Å². The van der Waals surface area contributed by atoms with Crippen LogP contribution in [0.25, 0.3) is 6.08 Å². The van der Waals surface area contributed by atoms with E-state index in [-0.39, 0.29) is 17.6 Å². The van der Waals surface area contributed by atoms with Crippen LogP contribution in [0.1, 0.15) is 57.4 Å². The molecule has 4 rings (SSSR count). The summed E-state index contributed by atoms with van der Waals surface area (Å²) >= 11 is 1.32. The van der Waals surface area contributed by atoms with E-state index >= 15 is 0 Å². The highest BCUT2D eigenvalue weighted by atomic mass is 32.1. The number of allylic oxidation sites excluding steroid dienone is 1. The minimum atomic E-state index is -0.658. The number of hydrogen-bond donors (Lipinski definition) is 0. The molecule has 0 radical (unpaired) electrons. The average molecular weight is 517 g/mol. The van der Waals surface area contributed by atoms with Gasteiger partial charge in [-0.25, -0.2) is 9.79 Å². The van der Waals surface area contributed by atoms with Gasteiger partial charge in [0, 0.05) is 0 Å². The summed E-state index contributed by atoms with van der Waals surface area (Å²) in [5, 5.41) is 0. The number of benzene rings is 2. The standard InChI is InChI=1S/C30H32N2O4S/c1-7-17-36-23-15-11-21(12-16-23)26-25(28(34)35-8-2)19(3)31-29-32(26)27(33)24(37-29)18-20-9-13-22(14-10-20)30(4,5)6/h7,9-16,18,26H,1,8,17H2,2-6H3/b24-18-/t26-/m1/s1. The fraction of sp³-hybridized carbons (Fsp3) is 0.300. The van der Waals surface area contributed by atoms with E-state index in [1.165, 1.54) is 16.9 Å². The second-order valence-electron chi connectivity index (χ2n) is 9.84. The Bertz CT molecular complexity index is 1520. The van der Waals surface area contributed by atoms with E-state index in [0.29, 0.717) is 33.0 Å². The van der Waals surface area contributed by atoms with Crippen molar-refractivity contribution in [2.75, 3.05) is 13.2 Å². The molecule has 2 aromatic carbocycles. The van der Waals surface area contributed by atoms with Crippen LogP contribution in [0.3, 0.4) is 0 Å². The summed E-state index contributed by atoms with van der Waals surface area (Å²) in [6.07, 6.45) is 3.55. The van der Waals surface area contributed by atoms with Crippen LogP contribution >= 0.6 is 11.3 Å². The number of hydrogen-bond acceptors (Lipinski definition) is 6. The normalized spacial score (nSPS) is 15.7. The minimum absolute atomic E-state index is 0.0468. The molecule has 1 aliphatic rings. The molecular formula is C30H32N2O4S. The van der Waals surface area contributed by atoms with Crippen molar-refractivity contribution in [3.05, 3.63) is 109 Å². The first-order valence-electron chi connectivity index (χ1n) is 12.3. The van der Waals surface area contributed by atoms with E-state index in [2.05, 4.69) is 44.5 Å². The van der Waals surface area contributed by atoms with Crippen LogP contribution in [0, 0.1) is 0 Å². The molecule has 7 heteroatoms. The molecule has 2 heterocycles. The van der Waals surface area contributed by atoms with Crippen molar-refractivity contribution in [3.63, 3.8) is 0 Å². The number of esters is 1. The molecule has 0 aliphatic carbocycles. The molecular weight excluding hydrogens is 484 g/mol. The lowest BCUT2D eigenvalue weighted by Gasteiger charge is -2.24. The predicted octanol–water partition coefficient (Wildman–Crippen LogP) is 4.66. The smallest absolute Gasteiger partial charge is 0.338 e. The van der Waals surface area contributed by atoms with Crippen molar-refractivity contribution in [1.29, 1.82) is 0 Å². The van der Waals surface area contributed by atoms with Gasteiger partial charge in [0.15, 0.2) is 4.80 Å². The zero-order valence-electron chi connectivity index (χ0n) is 21.9. The van der Waals surface area contributed by atoms with E-state index < -0.39 is 12.0 Å². The molecule has 0 N–H and O–H groups in total. The molecule has 1 aromatic heterocycles. The Morgan fingerprint density at radius 1 is 1.14 bits per heavy atom. The number of carbonyl (C=O) groups is 1. The second kappa shape index (κ2) is 10.7. The van der Waals surface area contributed by atoms with Gasteiger partial charge in [0.05, 0.1) is 28.5 Å². The van der Waals surface area contributed by atoms with Crippen LogP contribution < -0.4 is 19.6 Å². The molecule has 1 atom stereocenters. The summed E-state index contributed by atoms with van der Waals surface area (Å²) in [4.78, 5) is 32.0. The Labute approximate surface area is 220 Å². The summed E-state index contributed by atoms with van der Waals surface area (Å²) in [6, 6.07) is 14.9. The van der Waals surface area contributed by atoms with Crippen LogP contribution in [0.2, 0.25) is 0 Å². The lowest BCUT2D eigenvalue weighted by atomic mass is 9.87. The van der Waals surface area contributed by atoms with Crippen molar-refractivity contribution in [3.8, 4) is 5.75 Å². The molecule has 0 fully saturated rings. The Hall–Kier alpha value is -3.71. The van der Waals surface area contributed by atoms with Crippen molar-refractivity contribution in [1.82, 2.24) is 4.57 Å². The number of fused-ring (bicyclic) bond motifs is 1. The fourth-order valence-corrected chi connectivity index (χ4v) is 5.29. The molecule has 3 aromatic rings. The van der Waals surface area contributed by atoms with Gasteiger partial charge in [-0.2, -0.15) is 0 Å². The number of thiazole rings is 1. The van der Waals surface area contributed by atoms with E-state index in [1.807, 2.05) is 42.5 Å². The quantitative estimate of drug-likeness (QED) is 0.338. The number of ether oxygens (including phenoxy) is 2. The van der Waals surface area contributed by atoms with Gasteiger partial charge in [0.25, 0.3) is 5.56 Å². The van der Waals surface area contributed by atoms with Crippen molar-refractivity contribution >= 4 is 23.4 Å². The number of aromatic nitrogens is 1. The van der Waals surface area contributed by atoms with Gasteiger partial charge in [0.1, 0.15) is 12.4 Å². The maximum Gasteiger partial charge on any atom is 0.338 e. The molecule has 0 spiro atoms. The second-order valence-corrected chi connectivity index (χ2v) is 10.9. The van der Waals surface area contributed by atoms with E-state index in [9.17, 15) is 9.59 Å². The molecule has 37 heavy (non-hydrogen) atoms. The first-order chi connectivity index (χ1) is 17.6. The van der Waals surface area contributed by atoms with Crippen molar-refractivity contribution in [2.24, 2.45) is 4.99 Å². The predicted molar refractivity (Wildman–Crippen MR) is 148 cm³/mol. The number of rotatable bonds is 7.